The molecule has 20 heavy (non-hydrogen) atoms. The first-order valence-corrected chi connectivity index (χ1v) is 6.50. The van der Waals surface area contributed by atoms with Crippen LogP contribution in [0.4, 0.5) is 0 Å². The molecular weight excluding hydrogens is 252 g/mol. The molecule has 0 atom stereocenters. The van der Waals surface area contributed by atoms with Gasteiger partial charge in [0.1, 0.15) is 0 Å². The number of esters is 1. The summed E-state index contributed by atoms with van der Waals surface area (Å²) in [5.74, 6) is -0.314. The van der Waals surface area contributed by atoms with Gasteiger partial charge in [-0.3, -0.25) is 4.79 Å². The Hall–Kier alpha value is -2.42. The lowest BCUT2D eigenvalue weighted by atomic mass is 10.00. The summed E-state index contributed by atoms with van der Waals surface area (Å²) in [5.41, 5.74) is 2.96. The first-order chi connectivity index (χ1) is 9.61. The SMILES string of the molecule is CCOC(=O)c1cccc(-c2cccc(C(C)=O)c2)c1. The van der Waals surface area contributed by atoms with Crippen LogP contribution in [-0.4, -0.2) is 18.4 Å². The van der Waals surface area contributed by atoms with Gasteiger partial charge >= 0.3 is 5.97 Å². The van der Waals surface area contributed by atoms with Gasteiger partial charge in [0.05, 0.1) is 12.2 Å². The molecule has 0 saturated carbocycles. The Morgan fingerprint density at radius 3 is 2.05 bits per heavy atom. The number of ketones is 1. The van der Waals surface area contributed by atoms with Gasteiger partial charge in [-0.1, -0.05) is 30.3 Å². The van der Waals surface area contributed by atoms with Crippen molar-refractivity contribution in [2.45, 2.75) is 13.8 Å². The third-order valence-corrected chi connectivity index (χ3v) is 2.98. The quantitative estimate of drug-likeness (QED) is 0.626. The van der Waals surface area contributed by atoms with Crippen molar-refractivity contribution in [1.82, 2.24) is 0 Å². The predicted octanol–water partition coefficient (Wildman–Crippen LogP) is 3.73. The number of Topliss-reactive ketones (excluding diaryl/α,β-unsaturated/α-hetero) is 1. The van der Waals surface area contributed by atoms with Crippen LogP contribution in [0.5, 0.6) is 0 Å². The number of carbonyl (C=O) groups is 2. The average Bonchev–Trinajstić information content (AvgIpc) is 2.48. The maximum Gasteiger partial charge on any atom is 0.338 e. The van der Waals surface area contributed by atoms with Crippen molar-refractivity contribution in [3.05, 3.63) is 59.7 Å². The number of rotatable bonds is 4. The zero-order chi connectivity index (χ0) is 14.5. The van der Waals surface area contributed by atoms with Gasteiger partial charge in [0.25, 0.3) is 0 Å². The highest BCUT2D eigenvalue weighted by Crippen LogP contribution is 2.22. The van der Waals surface area contributed by atoms with Gasteiger partial charge in [0.15, 0.2) is 5.78 Å². The Morgan fingerprint density at radius 1 is 0.950 bits per heavy atom. The summed E-state index contributed by atoms with van der Waals surface area (Å²) in [7, 11) is 0. The molecule has 2 aromatic rings. The largest absolute Gasteiger partial charge is 0.462 e. The van der Waals surface area contributed by atoms with Crippen LogP contribution in [0, 0.1) is 0 Å². The van der Waals surface area contributed by atoms with E-state index in [1.165, 1.54) is 6.92 Å². The van der Waals surface area contributed by atoms with Gasteiger partial charge in [-0.05, 0) is 43.2 Å². The summed E-state index contributed by atoms with van der Waals surface area (Å²) < 4.78 is 4.99. The zero-order valence-corrected chi connectivity index (χ0v) is 11.6. The molecule has 0 bridgehead atoms. The maximum atomic E-state index is 11.7. The highest BCUT2D eigenvalue weighted by Gasteiger charge is 2.08. The van der Waals surface area contributed by atoms with E-state index in [1.54, 1.807) is 25.1 Å². The van der Waals surface area contributed by atoms with Crippen LogP contribution in [0.15, 0.2) is 48.5 Å². The summed E-state index contributed by atoms with van der Waals surface area (Å²) in [6, 6.07) is 14.6. The normalized spacial score (nSPS) is 10.1. The molecule has 0 saturated heterocycles. The molecule has 2 rings (SSSR count). The van der Waals surface area contributed by atoms with E-state index in [0.717, 1.165) is 11.1 Å². The summed E-state index contributed by atoms with van der Waals surface area (Å²) in [4.78, 5) is 23.1. The van der Waals surface area contributed by atoms with E-state index in [-0.39, 0.29) is 11.8 Å². The van der Waals surface area contributed by atoms with Gasteiger partial charge in [0, 0.05) is 5.56 Å². The Balaban J connectivity index is 2.38. The second-order valence-corrected chi connectivity index (χ2v) is 4.44. The monoisotopic (exact) mass is 268 g/mol. The van der Waals surface area contributed by atoms with Crippen LogP contribution in [-0.2, 0) is 4.74 Å². The lowest BCUT2D eigenvalue weighted by Gasteiger charge is -2.06. The van der Waals surface area contributed by atoms with Gasteiger partial charge in [-0.15, -0.1) is 0 Å². The lowest BCUT2D eigenvalue weighted by Crippen LogP contribution is -2.04. The van der Waals surface area contributed by atoms with E-state index in [1.807, 2.05) is 30.3 Å². The number of hydrogen-bond donors (Lipinski definition) is 0. The van der Waals surface area contributed by atoms with Crippen LogP contribution in [0.25, 0.3) is 11.1 Å². The standard InChI is InChI=1S/C17H16O3/c1-3-20-17(19)16-9-5-8-15(11-16)14-7-4-6-13(10-14)12(2)18/h4-11H,3H2,1-2H3. The smallest absolute Gasteiger partial charge is 0.338 e. The molecule has 3 nitrogen and oxygen atoms in total. The Morgan fingerprint density at radius 2 is 1.50 bits per heavy atom. The first-order valence-electron chi connectivity index (χ1n) is 6.50. The van der Waals surface area contributed by atoms with Crippen molar-refractivity contribution < 1.29 is 14.3 Å². The third-order valence-electron chi connectivity index (χ3n) is 2.98. The molecule has 0 radical (unpaired) electrons. The van der Waals surface area contributed by atoms with Crippen molar-refractivity contribution in [2.24, 2.45) is 0 Å². The van der Waals surface area contributed by atoms with Crippen molar-refractivity contribution in [2.75, 3.05) is 6.61 Å². The third kappa shape index (κ3) is 3.12. The molecule has 0 amide bonds. The molecule has 0 fully saturated rings. The number of ether oxygens (including phenoxy) is 1. The second-order valence-electron chi connectivity index (χ2n) is 4.44. The molecule has 3 heteroatoms. The molecular formula is C17H16O3. The first kappa shape index (κ1) is 14.0. The maximum absolute atomic E-state index is 11.7. The fourth-order valence-electron chi connectivity index (χ4n) is 1.96. The Bertz CT molecular complexity index is 644. The number of benzene rings is 2. The fourth-order valence-corrected chi connectivity index (χ4v) is 1.96. The van der Waals surface area contributed by atoms with Crippen LogP contribution in [0.2, 0.25) is 0 Å². The van der Waals surface area contributed by atoms with E-state index >= 15 is 0 Å². The van der Waals surface area contributed by atoms with Crippen molar-refractivity contribution in [3.63, 3.8) is 0 Å². The van der Waals surface area contributed by atoms with Gasteiger partial charge in [-0.2, -0.15) is 0 Å². The van der Waals surface area contributed by atoms with E-state index < -0.39 is 0 Å². The Labute approximate surface area is 118 Å². The zero-order valence-electron chi connectivity index (χ0n) is 11.6. The van der Waals surface area contributed by atoms with Gasteiger partial charge < -0.3 is 4.74 Å². The summed E-state index contributed by atoms with van der Waals surface area (Å²) >= 11 is 0. The van der Waals surface area contributed by atoms with E-state index in [0.29, 0.717) is 17.7 Å². The van der Waals surface area contributed by atoms with Gasteiger partial charge in [-0.25, -0.2) is 4.79 Å². The summed E-state index contributed by atoms with van der Waals surface area (Å²) in [6.07, 6.45) is 0. The summed E-state index contributed by atoms with van der Waals surface area (Å²) in [5, 5.41) is 0. The predicted molar refractivity (Wildman–Crippen MR) is 77.8 cm³/mol. The minimum absolute atomic E-state index is 0.0217. The van der Waals surface area contributed by atoms with Crippen molar-refractivity contribution in [1.29, 1.82) is 0 Å². The summed E-state index contributed by atoms with van der Waals surface area (Å²) in [6.45, 7) is 3.66. The number of carbonyl (C=O) groups excluding carboxylic acids is 2. The second kappa shape index (κ2) is 6.15. The molecule has 0 spiro atoms. The molecule has 0 aliphatic rings. The molecule has 0 unspecified atom stereocenters. The van der Waals surface area contributed by atoms with Crippen LogP contribution in [0.1, 0.15) is 34.6 Å². The molecule has 0 aliphatic heterocycles. The van der Waals surface area contributed by atoms with Crippen molar-refractivity contribution >= 4 is 11.8 Å². The minimum Gasteiger partial charge on any atom is -0.462 e. The lowest BCUT2D eigenvalue weighted by molar-refractivity contribution is 0.0526. The molecule has 102 valence electrons. The van der Waals surface area contributed by atoms with Crippen LogP contribution >= 0.6 is 0 Å². The molecule has 0 aliphatic carbocycles. The van der Waals surface area contributed by atoms with E-state index in [4.69, 9.17) is 4.74 Å². The van der Waals surface area contributed by atoms with Crippen LogP contribution in [0.3, 0.4) is 0 Å². The van der Waals surface area contributed by atoms with E-state index in [2.05, 4.69) is 0 Å². The molecule has 0 N–H and O–H groups in total. The molecule has 2 aromatic carbocycles. The Kier molecular flexibility index (Phi) is 4.31. The molecule has 0 heterocycles. The van der Waals surface area contributed by atoms with Gasteiger partial charge in [0.2, 0.25) is 0 Å². The minimum atomic E-state index is -0.336. The van der Waals surface area contributed by atoms with Crippen molar-refractivity contribution in [3.8, 4) is 11.1 Å². The highest BCUT2D eigenvalue weighted by atomic mass is 16.5. The topological polar surface area (TPSA) is 43.4 Å². The van der Waals surface area contributed by atoms with E-state index in [9.17, 15) is 9.59 Å². The van der Waals surface area contributed by atoms with Crippen LogP contribution < -0.4 is 0 Å². The average molecular weight is 268 g/mol. The fraction of sp³-hybridized carbons (Fsp3) is 0.176. The molecule has 0 aromatic heterocycles. The number of hydrogen-bond acceptors (Lipinski definition) is 3. The highest BCUT2D eigenvalue weighted by molar-refractivity contribution is 5.95.